The lowest BCUT2D eigenvalue weighted by Crippen LogP contribution is -2.38. The van der Waals surface area contributed by atoms with Gasteiger partial charge in [-0.05, 0) is 60.3 Å². The fourth-order valence-electron chi connectivity index (χ4n) is 4.25. The summed E-state index contributed by atoms with van der Waals surface area (Å²) in [6.07, 6.45) is 9.20. The van der Waals surface area contributed by atoms with E-state index in [0.29, 0.717) is 22.5 Å². The molecule has 5 rings (SSSR count). The van der Waals surface area contributed by atoms with E-state index in [2.05, 4.69) is 60.0 Å². The summed E-state index contributed by atoms with van der Waals surface area (Å²) in [7, 11) is 0. The largest absolute Gasteiger partial charge is 0.341 e. The van der Waals surface area contributed by atoms with E-state index >= 15 is 0 Å². The number of thioether (sulfide) groups is 1. The summed E-state index contributed by atoms with van der Waals surface area (Å²) in [5.74, 6) is 0.868. The predicted molar refractivity (Wildman–Crippen MR) is 132 cm³/mol. The highest BCUT2D eigenvalue weighted by atomic mass is 32.2. The maximum atomic E-state index is 11.8. The van der Waals surface area contributed by atoms with Crippen LogP contribution in [0.4, 0.5) is 10.7 Å². The zero-order valence-electron chi connectivity index (χ0n) is 18.5. The van der Waals surface area contributed by atoms with E-state index < -0.39 is 0 Å². The van der Waals surface area contributed by atoms with Gasteiger partial charge in [0.15, 0.2) is 0 Å². The van der Waals surface area contributed by atoms with Gasteiger partial charge in [-0.2, -0.15) is 5.10 Å². The van der Waals surface area contributed by atoms with Gasteiger partial charge in [0.25, 0.3) is 11.1 Å². The lowest BCUT2D eigenvalue weighted by molar-refractivity contribution is -0.115. The third kappa shape index (κ3) is 5.18. The van der Waals surface area contributed by atoms with Gasteiger partial charge >= 0.3 is 0 Å². The molecule has 0 unspecified atom stereocenters. The van der Waals surface area contributed by atoms with Crippen molar-refractivity contribution in [1.29, 1.82) is 0 Å². The smallest absolute Gasteiger partial charge is 0.290 e. The molecule has 4 heterocycles. The number of aromatic amines is 1. The summed E-state index contributed by atoms with van der Waals surface area (Å²) in [5.41, 5.74) is 4.18. The van der Waals surface area contributed by atoms with Crippen molar-refractivity contribution in [2.75, 3.05) is 24.5 Å². The molecule has 2 aliphatic rings. The molecular formula is C24H25N7O2S. The second-order valence-corrected chi connectivity index (χ2v) is 9.35. The van der Waals surface area contributed by atoms with Crippen molar-refractivity contribution in [2.45, 2.75) is 19.4 Å². The van der Waals surface area contributed by atoms with Crippen LogP contribution >= 0.6 is 11.8 Å². The van der Waals surface area contributed by atoms with Crippen molar-refractivity contribution in [1.82, 2.24) is 30.8 Å². The fraction of sp³-hybridized carbons (Fsp3) is 0.292. The quantitative estimate of drug-likeness (QED) is 0.446. The molecular weight excluding hydrogens is 450 g/mol. The number of imide groups is 1. The molecule has 3 N–H and O–H groups in total. The number of carbonyl (C=O) groups excluding carboxylic acids is 2. The van der Waals surface area contributed by atoms with E-state index in [1.165, 1.54) is 11.1 Å². The van der Waals surface area contributed by atoms with Crippen molar-refractivity contribution in [3.05, 3.63) is 65.1 Å². The molecule has 2 aromatic heterocycles. The van der Waals surface area contributed by atoms with Gasteiger partial charge in [0.1, 0.15) is 0 Å². The number of nitrogens with zero attached hydrogens (tertiary/aromatic N) is 4. The van der Waals surface area contributed by atoms with E-state index in [-0.39, 0.29) is 11.1 Å². The number of piperidine rings is 1. The van der Waals surface area contributed by atoms with Gasteiger partial charge in [-0.15, -0.1) is 0 Å². The third-order valence-corrected chi connectivity index (χ3v) is 6.87. The SMILES string of the molecule is O=C1NC(=O)C(=Cc2ccnc(N3CCC(CNCc4ccccc4-c4cn[nH]c4)CC3)n2)S1. The molecule has 3 aromatic rings. The highest BCUT2D eigenvalue weighted by Crippen LogP contribution is 2.26. The second kappa shape index (κ2) is 10.2. The normalized spacial score (nSPS) is 18.0. The third-order valence-electron chi connectivity index (χ3n) is 6.06. The highest BCUT2D eigenvalue weighted by Gasteiger charge is 2.25. The molecule has 2 fully saturated rings. The molecule has 2 saturated heterocycles. The Morgan fingerprint density at radius 2 is 2.03 bits per heavy atom. The maximum absolute atomic E-state index is 11.8. The van der Waals surface area contributed by atoms with E-state index in [4.69, 9.17) is 0 Å². The summed E-state index contributed by atoms with van der Waals surface area (Å²) in [6.45, 7) is 3.54. The van der Waals surface area contributed by atoms with Gasteiger partial charge in [-0.25, -0.2) is 9.97 Å². The van der Waals surface area contributed by atoms with E-state index in [9.17, 15) is 9.59 Å². The first-order valence-electron chi connectivity index (χ1n) is 11.3. The van der Waals surface area contributed by atoms with Gasteiger partial charge in [-0.1, -0.05) is 24.3 Å². The molecule has 0 radical (unpaired) electrons. The molecule has 2 amide bonds. The number of hydrogen-bond acceptors (Lipinski definition) is 8. The number of anilines is 1. The van der Waals surface area contributed by atoms with Crippen LogP contribution in [0.25, 0.3) is 17.2 Å². The van der Waals surface area contributed by atoms with Crippen LogP contribution in [0.3, 0.4) is 0 Å². The monoisotopic (exact) mass is 475 g/mol. The van der Waals surface area contributed by atoms with Crippen LogP contribution in [0.5, 0.6) is 0 Å². The van der Waals surface area contributed by atoms with Crippen LogP contribution in [-0.2, 0) is 11.3 Å². The number of rotatable bonds is 7. The van der Waals surface area contributed by atoms with Crippen LogP contribution in [0, 0.1) is 5.92 Å². The Labute approximate surface area is 201 Å². The molecule has 0 spiro atoms. The van der Waals surface area contributed by atoms with Gasteiger partial charge in [0.2, 0.25) is 5.95 Å². The standard InChI is InChI=1S/C24H25N7O2S/c32-22-21(34-24(33)30-22)11-19-5-8-26-23(29-19)31-9-6-16(7-10-31)12-25-13-17-3-1-2-4-20(17)18-14-27-28-15-18/h1-5,8,11,14-16,25H,6-7,9-10,12-13H2,(H,27,28)(H,30,32,33). The van der Waals surface area contributed by atoms with Gasteiger partial charge in [-0.3, -0.25) is 20.0 Å². The molecule has 174 valence electrons. The summed E-state index contributed by atoms with van der Waals surface area (Å²) in [4.78, 5) is 34.7. The Bertz CT molecular complexity index is 1200. The predicted octanol–water partition coefficient (Wildman–Crippen LogP) is 3.20. The van der Waals surface area contributed by atoms with Gasteiger partial charge in [0, 0.05) is 37.6 Å². The van der Waals surface area contributed by atoms with Crippen LogP contribution < -0.4 is 15.5 Å². The first-order chi connectivity index (χ1) is 16.7. The van der Waals surface area contributed by atoms with Gasteiger partial charge in [0.05, 0.1) is 16.8 Å². The minimum Gasteiger partial charge on any atom is -0.341 e. The molecule has 1 aromatic carbocycles. The number of hydrogen-bond donors (Lipinski definition) is 3. The maximum Gasteiger partial charge on any atom is 0.290 e. The van der Waals surface area contributed by atoms with E-state index in [0.717, 1.165) is 56.3 Å². The van der Waals surface area contributed by atoms with Gasteiger partial charge < -0.3 is 10.2 Å². The van der Waals surface area contributed by atoms with Crippen molar-refractivity contribution in [3.8, 4) is 11.1 Å². The zero-order chi connectivity index (χ0) is 23.3. The number of carbonyl (C=O) groups is 2. The molecule has 0 bridgehead atoms. The molecule has 0 aliphatic carbocycles. The van der Waals surface area contributed by atoms with Crippen LogP contribution in [-0.4, -0.2) is 50.9 Å². The first kappa shape index (κ1) is 22.3. The second-order valence-electron chi connectivity index (χ2n) is 8.34. The molecule has 0 atom stereocenters. The minimum atomic E-state index is -0.379. The Balaban J connectivity index is 1.13. The van der Waals surface area contributed by atoms with Crippen LogP contribution in [0.1, 0.15) is 24.1 Å². The summed E-state index contributed by atoms with van der Waals surface area (Å²) in [6, 6.07) is 10.1. The molecule has 10 heteroatoms. The Kier molecular flexibility index (Phi) is 6.68. The summed E-state index contributed by atoms with van der Waals surface area (Å²) in [5, 5.41) is 12.5. The lowest BCUT2D eigenvalue weighted by atomic mass is 9.96. The average molecular weight is 476 g/mol. The Hall–Kier alpha value is -3.50. The van der Waals surface area contributed by atoms with E-state index in [1.807, 2.05) is 12.4 Å². The fourth-order valence-corrected chi connectivity index (χ4v) is 4.92. The topological polar surface area (TPSA) is 116 Å². The molecule has 0 saturated carbocycles. The van der Waals surface area contributed by atoms with Crippen molar-refractivity contribution < 1.29 is 9.59 Å². The summed E-state index contributed by atoms with van der Waals surface area (Å²) < 4.78 is 0. The highest BCUT2D eigenvalue weighted by molar-refractivity contribution is 8.18. The van der Waals surface area contributed by atoms with Crippen LogP contribution in [0.2, 0.25) is 0 Å². The van der Waals surface area contributed by atoms with Crippen molar-refractivity contribution >= 4 is 34.9 Å². The Morgan fingerprint density at radius 3 is 2.79 bits per heavy atom. The Morgan fingerprint density at radius 1 is 1.18 bits per heavy atom. The summed E-state index contributed by atoms with van der Waals surface area (Å²) >= 11 is 0.892. The number of benzene rings is 1. The first-order valence-corrected chi connectivity index (χ1v) is 12.1. The number of nitrogens with one attached hydrogen (secondary N) is 3. The van der Waals surface area contributed by atoms with E-state index in [1.54, 1.807) is 18.3 Å². The molecule has 2 aliphatic heterocycles. The average Bonchev–Trinajstić information content (AvgIpc) is 3.50. The van der Waals surface area contributed by atoms with Crippen molar-refractivity contribution in [2.24, 2.45) is 5.92 Å². The van der Waals surface area contributed by atoms with Crippen molar-refractivity contribution in [3.63, 3.8) is 0 Å². The minimum absolute atomic E-state index is 0.355. The zero-order valence-corrected chi connectivity index (χ0v) is 19.3. The number of amides is 2. The lowest BCUT2D eigenvalue weighted by Gasteiger charge is -2.32. The van der Waals surface area contributed by atoms with Crippen LogP contribution in [0.15, 0.2) is 53.8 Å². The number of aromatic nitrogens is 4. The molecule has 9 nitrogen and oxygen atoms in total. The number of H-pyrrole nitrogens is 1. The molecule has 34 heavy (non-hydrogen) atoms.